The van der Waals surface area contributed by atoms with Gasteiger partial charge < -0.3 is 35.0 Å². The number of aliphatic hydroxyl groups is 3. The molecular formula is C32H38NO8+. The summed E-state index contributed by atoms with van der Waals surface area (Å²) in [5.41, 5.74) is 5.32. The van der Waals surface area contributed by atoms with Crippen LogP contribution in [-0.4, -0.2) is 93.9 Å². The van der Waals surface area contributed by atoms with E-state index in [1.807, 2.05) is 54.6 Å². The molecule has 1 heterocycles. The molecule has 0 aliphatic carbocycles. The first kappa shape index (κ1) is 30.2. The first-order valence-electron chi connectivity index (χ1n) is 13.6. The highest BCUT2D eigenvalue weighted by Crippen LogP contribution is 2.35. The van der Waals surface area contributed by atoms with Gasteiger partial charge in [-0.25, -0.2) is 4.79 Å². The molecule has 3 aromatic rings. The Balaban J connectivity index is 1.51. The van der Waals surface area contributed by atoms with Crippen LogP contribution in [0.2, 0.25) is 0 Å². The van der Waals surface area contributed by atoms with Gasteiger partial charge in [0.2, 0.25) is 6.23 Å². The molecule has 5 N–H and O–H groups in total. The van der Waals surface area contributed by atoms with E-state index < -0.39 is 36.6 Å². The summed E-state index contributed by atoms with van der Waals surface area (Å²) in [5, 5.41) is 49.9. The zero-order valence-corrected chi connectivity index (χ0v) is 23.4. The molecule has 9 heteroatoms. The van der Waals surface area contributed by atoms with Gasteiger partial charge >= 0.3 is 5.97 Å². The number of aliphatic hydroxyl groups excluding tert-OH is 3. The minimum atomic E-state index is -1.73. The molecule has 5 atom stereocenters. The lowest BCUT2D eigenvalue weighted by molar-refractivity contribution is -0.944. The Morgan fingerprint density at radius 1 is 0.829 bits per heavy atom. The highest BCUT2D eigenvalue weighted by molar-refractivity contribution is 5.98. The lowest BCUT2D eigenvalue weighted by Crippen LogP contribution is -2.68. The number of aliphatic carboxylic acids is 1. The van der Waals surface area contributed by atoms with Crippen LogP contribution in [0.4, 0.5) is 0 Å². The number of likely N-dealkylation sites (N-methyl/N-ethyl adjacent to an activating group) is 1. The average Bonchev–Trinajstić information content (AvgIpc) is 2.96. The van der Waals surface area contributed by atoms with Gasteiger partial charge in [-0.3, -0.25) is 4.48 Å². The topological polar surface area (TPSA) is 137 Å². The number of benzene rings is 3. The summed E-state index contributed by atoms with van der Waals surface area (Å²) in [6.45, 7) is 2.66. The highest BCUT2D eigenvalue weighted by Gasteiger charge is 2.52. The third kappa shape index (κ3) is 6.78. The van der Waals surface area contributed by atoms with Gasteiger partial charge in [0, 0.05) is 0 Å². The van der Waals surface area contributed by atoms with E-state index in [0.29, 0.717) is 12.3 Å². The van der Waals surface area contributed by atoms with Crippen LogP contribution in [0, 0.1) is 0 Å². The number of phenolic OH excluding ortho intramolecular Hbond substituents is 1. The Morgan fingerprint density at radius 3 is 1.98 bits per heavy atom. The van der Waals surface area contributed by atoms with Crippen molar-refractivity contribution in [1.82, 2.24) is 0 Å². The molecule has 0 radical (unpaired) electrons. The van der Waals surface area contributed by atoms with E-state index in [9.17, 15) is 30.3 Å². The number of quaternary nitrogens is 1. The average molecular weight is 565 g/mol. The molecule has 0 saturated carbocycles. The molecule has 3 aromatic carbocycles. The molecule has 0 spiro atoms. The van der Waals surface area contributed by atoms with Crippen molar-refractivity contribution in [2.24, 2.45) is 0 Å². The second-order valence-corrected chi connectivity index (χ2v) is 10.8. The largest absolute Gasteiger partial charge is 0.508 e. The minimum absolute atomic E-state index is 0.00250. The molecule has 218 valence electrons. The standard InChI is InChI=1S/C32H37NO8/c1-4-25(20-8-6-5-7-9-20)26(21-10-14-23(34)15-11-21)22-12-16-24(17-13-22)40-19-18-33(2,3)31-29(37)27(35)28(36)30(41-31)32(38)39/h5-17,27-31,35-37H,4,18-19H2,1-3H3,(H-,34,38,39)/p+1/b26-25+/t27-,28-,29+,30-,31+/m0/s1. The van der Waals surface area contributed by atoms with Gasteiger partial charge in [0.25, 0.3) is 0 Å². The van der Waals surface area contributed by atoms with Gasteiger partial charge in [-0.2, -0.15) is 0 Å². The van der Waals surface area contributed by atoms with E-state index >= 15 is 0 Å². The minimum Gasteiger partial charge on any atom is -0.508 e. The third-order valence-electron chi connectivity index (χ3n) is 7.53. The number of rotatable bonds is 10. The predicted molar refractivity (Wildman–Crippen MR) is 154 cm³/mol. The molecule has 1 saturated heterocycles. The Morgan fingerprint density at radius 2 is 1.41 bits per heavy atom. The molecule has 9 nitrogen and oxygen atoms in total. The summed E-state index contributed by atoms with van der Waals surface area (Å²) >= 11 is 0. The monoisotopic (exact) mass is 564 g/mol. The van der Waals surface area contributed by atoms with Crippen LogP contribution in [0.5, 0.6) is 11.5 Å². The van der Waals surface area contributed by atoms with E-state index in [4.69, 9.17) is 9.47 Å². The summed E-state index contributed by atoms with van der Waals surface area (Å²) in [6, 6.07) is 25.1. The molecule has 1 aliphatic heterocycles. The van der Waals surface area contributed by atoms with E-state index in [0.717, 1.165) is 28.7 Å². The fourth-order valence-electron chi connectivity index (χ4n) is 5.20. The van der Waals surface area contributed by atoms with Gasteiger partial charge in [-0.1, -0.05) is 61.5 Å². The Labute approximate surface area is 239 Å². The van der Waals surface area contributed by atoms with Crippen molar-refractivity contribution < 1.29 is 44.3 Å². The molecule has 1 fully saturated rings. The van der Waals surface area contributed by atoms with Crippen molar-refractivity contribution >= 4 is 17.1 Å². The molecule has 41 heavy (non-hydrogen) atoms. The second-order valence-electron chi connectivity index (χ2n) is 10.8. The maximum absolute atomic E-state index is 11.5. The first-order chi connectivity index (χ1) is 19.5. The van der Waals surface area contributed by atoms with Crippen molar-refractivity contribution in [1.29, 1.82) is 0 Å². The number of carbonyl (C=O) groups is 1. The number of aromatic hydroxyl groups is 1. The number of hydrogen-bond donors (Lipinski definition) is 5. The summed E-state index contributed by atoms with van der Waals surface area (Å²) in [4.78, 5) is 11.5. The Bertz CT molecular complexity index is 1340. The number of phenols is 1. The van der Waals surface area contributed by atoms with Crippen LogP contribution >= 0.6 is 0 Å². The Hall–Kier alpha value is -3.73. The molecule has 0 aromatic heterocycles. The summed E-state index contributed by atoms with van der Waals surface area (Å²) < 4.78 is 11.5. The van der Waals surface area contributed by atoms with E-state index in [1.165, 1.54) is 5.57 Å². The highest BCUT2D eigenvalue weighted by atomic mass is 16.6. The fourth-order valence-corrected chi connectivity index (χ4v) is 5.20. The third-order valence-corrected chi connectivity index (χ3v) is 7.53. The summed E-state index contributed by atoms with van der Waals surface area (Å²) in [7, 11) is 3.46. The van der Waals surface area contributed by atoms with E-state index in [-0.39, 0.29) is 16.8 Å². The van der Waals surface area contributed by atoms with Crippen LogP contribution < -0.4 is 4.74 Å². The maximum atomic E-state index is 11.5. The smallest absolute Gasteiger partial charge is 0.335 e. The maximum Gasteiger partial charge on any atom is 0.335 e. The SMILES string of the molecule is CC/C(=C(/c1ccc(O)cc1)c1ccc(OCC[N+](C)(C)[C@@H]2O[C@H](C(=O)O)[C@@H](O)[C@H](O)[C@H]2O)cc1)c1ccccc1. The van der Waals surface area contributed by atoms with Gasteiger partial charge in [0.05, 0.1) is 14.1 Å². The summed E-state index contributed by atoms with van der Waals surface area (Å²) in [6.07, 6.45) is -6.79. The van der Waals surface area contributed by atoms with E-state index in [2.05, 4.69) is 19.1 Å². The molecular weight excluding hydrogens is 526 g/mol. The number of hydrogen-bond acceptors (Lipinski definition) is 7. The van der Waals surface area contributed by atoms with Crippen LogP contribution in [0.1, 0.15) is 30.0 Å². The van der Waals surface area contributed by atoms with Crippen LogP contribution in [-0.2, 0) is 9.53 Å². The molecule has 0 bridgehead atoms. The lowest BCUT2D eigenvalue weighted by Gasteiger charge is -2.46. The van der Waals surface area contributed by atoms with Gasteiger partial charge in [0.15, 0.2) is 12.2 Å². The molecule has 0 amide bonds. The molecule has 0 unspecified atom stereocenters. The zero-order chi connectivity index (χ0) is 29.7. The summed E-state index contributed by atoms with van der Waals surface area (Å²) in [5.74, 6) is -0.587. The molecule has 4 rings (SSSR count). The lowest BCUT2D eigenvalue weighted by atomic mass is 9.88. The number of allylic oxidation sites excluding steroid dienone is 1. The van der Waals surface area contributed by atoms with Gasteiger partial charge in [0.1, 0.15) is 36.9 Å². The van der Waals surface area contributed by atoms with Gasteiger partial charge in [-0.15, -0.1) is 0 Å². The second kappa shape index (κ2) is 12.8. The van der Waals surface area contributed by atoms with Crippen molar-refractivity contribution in [3.05, 3.63) is 95.6 Å². The van der Waals surface area contributed by atoms with Crippen LogP contribution in [0.25, 0.3) is 11.1 Å². The van der Waals surface area contributed by atoms with Crippen LogP contribution in [0.15, 0.2) is 78.9 Å². The normalized spacial score (nSPS) is 23.5. The van der Waals surface area contributed by atoms with Gasteiger partial charge in [-0.05, 0) is 58.5 Å². The van der Waals surface area contributed by atoms with Crippen molar-refractivity contribution in [3.63, 3.8) is 0 Å². The predicted octanol–water partition coefficient (Wildman–Crippen LogP) is 3.11. The number of nitrogens with zero attached hydrogens (tertiary/aromatic N) is 1. The van der Waals surface area contributed by atoms with Crippen LogP contribution in [0.3, 0.4) is 0 Å². The van der Waals surface area contributed by atoms with Crippen molar-refractivity contribution in [2.45, 2.75) is 44.0 Å². The van der Waals surface area contributed by atoms with E-state index in [1.54, 1.807) is 26.2 Å². The number of ether oxygens (including phenoxy) is 2. The number of carboxylic acids is 1. The van der Waals surface area contributed by atoms with Crippen molar-refractivity contribution in [2.75, 3.05) is 27.2 Å². The fraction of sp³-hybridized carbons (Fsp3) is 0.344. The number of carboxylic acid groups (broad SMARTS) is 1. The van der Waals surface area contributed by atoms with Crippen molar-refractivity contribution in [3.8, 4) is 11.5 Å². The Kier molecular flexibility index (Phi) is 9.47. The quantitative estimate of drug-likeness (QED) is 0.187. The first-order valence-corrected chi connectivity index (χ1v) is 13.6. The zero-order valence-electron chi connectivity index (χ0n) is 23.4. The molecule has 1 aliphatic rings.